The number of morpholine rings is 1. The number of fused-ring (bicyclic) bond motifs is 1. The summed E-state index contributed by atoms with van der Waals surface area (Å²) >= 11 is 0. The Morgan fingerprint density at radius 2 is 1.89 bits per heavy atom. The van der Waals surface area contributed by atoms with Crippen LogP contribution in [0.4, 0.5) is 4.39 Å². The van der Waals surface area contributed by atoms with E-state index >= 15 is 4.39 Å². The largest absolute Gasteiger partial charge is 0.389 e. The van der Waals surface area contributed by atoms with E-state index in [1.54, 1.807) is 24.3 Å². The van der Waals surface area contributed by atoms with Crippen LogP contribution >= 0.6 is 0 Å². The Hall–Kier alpha value is -2.99. The molecule has 0 bridgehead atoms. The summed E-state index contributed by atoms with van der Waals surface area (Å²) in [5.74, 6) is -1.19. The van der Waals surface area contributed by atoms with E-state index in [1.165, 1.54) is 23.9 Å². The first-order valence-electron chi connectivity index (χ1n) is 12.5. The molecule has 1 atom stereocenters. The smallest absolute Gasteiger partial charge is 0.261 e. The lowest BCUT2D eigenvalue weighted by molar-refractivity contribution is -0.124. The number of benzene rings is 2. The van der Waals surface area contributed by atoms with Gasteiger partial charge in [-0.05, 0) is 49.1 Å². The number of hydrogen-bond donors (Lipinski definition) is 1. The summed E-state index contributed by atoms with van der Waals surface area (Å²) in [6.45, 7) is 4.28. The molecule has 1 saturated heterocycles. The normalized spacial score (nSPS) is 16.4. The summed E-state index contributed by atoms with van der Waals surface area (Å²) in [6, 6.07) is 10.0. The summed E-state index contributed by atoms with van der Waals surface area (Å²) in [5.41, 5.74) is 1.85. The van der Waals surface area contributed by atoms with Gasteiger partial charge in [-0.25, -0.2) is 17.8 Å². The van der Waals surface area contributed by atoms with Crippen LogP contribution in [0.3, 0.4) is 0 Å². The summed E-state index contributed by atoms with van der Waals surface area (Å²) in [6.07, 6.45) is 2.75. The van der Waals surface area contributed by atoms with Crippen molar-refractivity contribution in [2.45, 2.75) is 31.1 Å². The number of aryl methyl sites for hydroxylation is 1. The van der Waals surface area contributed by atoms with Gasteiger partial charge in [-0.3, -0.25) is 19.1 Å². The van der Waals surface area contributed by atoms with Crippen molar-refractivity contribution in [2.24, 2.45) is 0 Å². The Labute approximate surface area is 220 Å². The molecule has 1 aliphatic rings. The maximum Gasteiger partial charge on any atom is 0.261 e. The molecular formula is C27H32FN3O6S. The van der Waals surface area contributed by atoms with Crippen molar-refractivity contribution < 1.29 is 27.4 Å². The van der Waals surface area contributed by atoms with Crippen molar-refractivity contribution in [3.05, 3.63) is 64.5 Å². The maximum atomic E-state index is 15.0. The molecule has 1 N–H and O–H groups in total. The van der Waals surface area contributed by atoms with Gasteiger partial charge in [-0.15, -0.1) is 0 Å². The second-order valence-corrected chi connectivity index (χ2v) is 12.3. The van der Waals surface area contributed by atoms with E-state index in [4.69, 9.17) is 4.74 Å². The van der Waals surface area contributed by atoms with Crippen LogP contribution in [0.2, 0.25) is 0 Å². The summed E-state index contributed by atoms with van der Waals surface area (Å²) < 4.78 is 44.3. The molecule has 9 nitrogen and oxygen atoms in total. The van der Waals surface area contributed by atoms with Crippen LogP contribution in [-0.2, 0) is 32.3 Å². The first-order valence-corrected chi connectivity index (χ1v) is 14.3. The van der Waals surface area contributed by atoms with Crippen molar-refractivity contribution >= 4 is 26.5 Å². The fourth-order valence-corrected chi connectivity index (χ4v) is 5.52. The summed E-state index contributed by atoms with van der Waals surface area (Å²) in [5, 5.41) is 9.52. The number of hydrogen-bond acceptors (Lipinski definition) is 8. The van der Waals surface area contributed by atoms with Gasteiger partial charge in [-0.1, -0.05) is 18.2 Å². The van der Waals surface area contributed by atoms with Crippen LogP contribution in [0.15, 0.2) is 47.5 Å². The zero-order valence-electron chi connectivity index (χ0n) is 21.5. The number of aromatic nitrogens is 2. The van der Waals surface area contributed by atoms with Crippen LogP contribution < -0.4 is 5.56 Å². The molecule has 38 heavy (non-hydrogen) atoms. The molecule has 11 heteroatoms. The SMILES string of the molecule is C[C@@](CCn1cnc2cc(-c3ccc(CCN4CCOCC4)cc3F)ccc2c1=O)(C(=O)CO)S(C)(=O)=O. The summed E-state index contributed by atoms with van der Waals surface area (Å²) in [7, 11) is -3.84. The monoisotopic (exact) mass is 545 g/mol. The van der Waals surface area contributed by atoms with E-state index < -0.39 is 32.5 Å². The van der Waals surface area contributed by atoms with Crippen LogP contribution in [0.5, 0.6) is 0 Å². The van der Waals surface area contributed by atoms with E-state index in [2.05, 4.69) is 9.88 Å². The minimum Gasteiger partial charge on any atom is -0.389 e. The van der Waals surface area contributed by atoms with Gasteiger partial charge in [0.2, 0.25) is 0 Å². The van der Waals surface area contributed by atoms with Crippen molar-refractivity contribution in [3.63, 3.8) is 0 Å². The molecular weight excluding hydrogens is 513 g/mol. The molecule has 0 radical (unpaired) electrons. The Morgan fingerprint density at radius 1 is 1.16 bits per heavy atom. The van der Waals surface area contributed by atoms with Crippen LogP contribution in [-0.4, -0.2) is 84.2 Å². The second kappa shape index (κ2) is 11.4. The molecule has 1 fully saturated rings. The van der Waals surface area contributed by atoms with Gasteiger partial charge in [0, 0.05) is 38.0 Å². The molecule has 2 heterocycles. The zero-order chi connectivity index (χ0) is 27.5. The molecule has 204 valence electrons. The maximum absolute atomic E-state index is 15.0. The van der Waals surface area contributed by atoms with Gasteiger partial charge in [0.15, 0.2) is 15.6 Å². The van der Waals surface area contributed by atoms with E-state index in [9.17, 15) is 23.1 Å². The van der Waals surface area contributed by atoms with Gasteiger partial charge in [0.05, 0.1) is 30.4 Å². The first-order chi connectivity index (χ1) is 18.0. The third kappa shape index (κ3) is 5.85. The number of aliphatic hydroxyl groups is 1. The number of aliphatic hydroxyl groups excluding tert-OH is 1. The fourth-order valence-electron chi connectivity index (χ4n) is 4.58. The standard InChI is InChI=1S/C27H32FN3O6S/c1-27(25(33)17-32,38(2,35)36)8-10-31-18-29-24-16-20(4-6-22(24)26(31)34)21-5-3-19(15-23(21)28)7-9-30-11-13-37-14-12-30/h3-6,15-16,18,32H,7-14,17H2,1-2H3/t27-/m1/s1. The van der Waals surface area contributed by atoms with Crippen molar-refractivity contribution in [1.82, 2.24) is 14.5 Å². The minimum atomic E-state index is -3.84. The Morgan fingerprint density at radius 3 is 2.55 bits per heavy atom. The third-order valence-corrected chi connectivity index (χ3v) is 9.44. The lowest BCUT2D eigenvalue weighted by Crippen LogP contribution is -2.46. The minimum absolute atomic E-state index is 0.0840. The lowest BCUT2D eigenvalue weighted by atomic mass is 10.0. The predicted octanol–water partition coefficient (Wildman–Crippen LogP) is 1.83. The fraction of sp³-hybridized carbons (Fsp3) is 0.444. The number of nitrogens with zero attached hydrogens (tertiary/aromatic N) is 3. The quantitative estimate of drug-likeness (QED) is 0.410. The van der Waals surface area contributed by atoms with Gasteiger partial charge >= 0.3 is 0 Å². The third-order valence-electron chi connectivity index (χ3n) is 7.37. The Kier molecular flexibility index (Phi) is 8.41. The van der Waals surface area contributed by atoms with E-state index in [0.29, 0.717) is 16.6 Å². The van der Waals surface area contributed by atoms with Crippen LogP contribution in [0.1, 0.15) is 18.9 Å². The molecule has 3 aromatic rings. The topological polar surface area (TPSA) is 119 Å². The number of carbonyl (C=O) groups is 1. The highest BCUT2D eigenvalue weighted by molar-refractivity contribution is 7.92. The van der Waals surface area contributed by atoms with Gasteiger partial charge < -0.3 is 9.84 Å². The van der Waals surface area contributed by atoms with E-state index in [0.717, 1.165) is 51.1 Å². The van der Waals surface area contributed by atoms with Crippen molar-refractivity contribution in [2.75, 3.05) is 45.7 Å². The number of ether oxygens (including phenoxy) is 1. The number of ketones is 1. The average molecular weight is 546 g/mol. The van der Waals surface area contributed by atoms with E-state index in [-0.39, 0.29) is 24.2 Å². The van der Waals surface area contributed by atoms with Crippen LogP contribution in [0.25, 0.3) is 22.0 Å². The molecule has 0 amide bonds. The number of carbonyl (C=O) groups excluding carboxylic acids is 1. The molecule has 4 rings (SSSR count). The molecule has 0 unspecified atom stereocenters. The van der Waals surface area contributed by atoms with Gasteiger partial charge in [0.1, 0.15) is 17.2 Å². The Balaban J connectivity index is 1.53. The van der Waals surface area contributed by atoms with Crippen molar-refractivity contribution in [3.8, 4) is 11.1 Å². The molecule has 1 aliphatic heterocycles. The number of halogens is 1. The second-order valence-electron chi connectivity index (χ2n) is 9.83. The van der Waals surface area contributed by atoms with E-state index in [1.807, 2.05) is 6.07 Å². The lowest BCUT2D eigenvalue weighted by Gasteiger charge is -2.26. The molecule has 0 saturated carbocycles. The van der Waals surface area contributed by atoms with Gasteiger partial charge in [0.25, 0.3) is 5.56 Å². The van der Waals surface area contributed by atoms with Gasteiger partial charge in [-0.2, -0.15) is 0 Å². The molecule has 1 aromatic heterocycles. The highest BCUT2D eigenvalue weighted by Crippen LogP contribution is 2.27. The van der Waals surface area contributed by atoms with Crippen LogP contribution in [0, 0.1) is 5.82 Å². The molecule has 0 aliphatic carbocycles. The van der Waals surface area contributed by atoms with Crippen molar-refractivity contribution in [1.29, 1.82) is 0 Å². The highest BCUT2D eigenvalue weighted by atomic mass is 32.2. The first kappa shape index (κ1) is 28.0. The highest BCUT2D eigenvalue weighted by Gasteiger charge is 2.42. The molecule has 2 aromatic carbocycles. The number of sulfone groups is 1. The zero-order valence-corrected chi connectivity index (χ0v) is 22.3. The molecule has 0 spiro atoms. The predicted molar refractivity (Wildman–Crippen MR) is 142 cm³/mol. The summed E-state index contributed by atoms with van der Waals surface area (Å²) in [4.78, 5) is 31.8. The number of Topliss-reactive ketones (excluding diaryl/α,β-unsaturated/α-hetero) is 1. The number of rotatable bonds is 10. The Bertz CT molecular complexity index is 1500. The average Bonchev–Trinajstić information content (AvgIpc) is 2.90.